The van der Waals surface area contributed by atoms with Gasteiger partial charge in [-0.05, 0) is 11.6 Å². The molecule has 0 radical (unpaired) electrons. The Balaban J connectivity index is 2.96. The molecule has 0 aliphatic heterocycles. The first-order chi connectivity index (χ1) is 5.24. The SMILES string of the molecule is N[C@H](CO)c1cc[nH]c(=O)c1. The second kappa shape index (κ2) is 3.32. The molecule has 0 aliphatic rings. The van der Waals surface area contributed by atoms with E-state index in [9.17, 15) is 4.79 Å². The fourth-order valence-electron chi connectivity index (χ4n) is 0.797. The van der Waals surface area contributed by atoms with Crippen LogP contribution in [-0.4, -0.2) is 16.7 Å². The van der Waals surface area contributed by atoms with E-state index < -0.39 is 6.04 Å². The lowest BCUT2D eigenvalue weighted by Gasteiger charge is -2.05. The van der Waals surface area contributed by atoms with Crippen molar-refractivity contribution in [2.24, 2.45) is 5.73 Å². The third-order valence-electron chi connectivity index (χ3n) is 1.42. The minimum absolute atomic E-state index is 0.149. The Kier molecular flexibility index (Phi) is 2.40. The van der Waals surface area contributed by atoms with Gasteiger partial charge in [-0.3, -0.25) is 4.79 Å². The minimum atomic E-state index is -0.461. The monoisotopic (exact) mass is 154 g/mol. The number of H-pyrrole nitrogens is 1. The zero-order chi connectivity index (χ0) is 8.27. The first-order valence-electron chi connectivity index (χ1n) is 3.29. The van der Waals surface area contributed by atoms with Crippen LogP contribution < -0.4 is 11.3 Å². The van der Waals surface area contributed by atoms with Crippen LogP contribution in [0.25, 0.3) is 0 Å². The molecule has 1 aromatic heterocycles. The molecule has 0 spiro atoms. The zero-order valence-corrected chi connectivity index (χ0v) is 5.95. The third kappa shape index (κ3) is 1.89. The summed E-state index contributed by atoms with van der Waals surface area (Å²) in [6.07, 6.45) is 1.51. The Morgan fingerprint density at radius 3 is 3.00 bits per heavy atom. The summed E-state index contributed by atoms with van der Waals surface area (Å²) >= 11 is 0. The van der Waals surface area contributed by atoms with Crippen molar-refractivity contribution in [1.82, 2.24) is 4.98 Å². The average Bonchev–Trinajstić information content (AvgIpc) is 2.03. The number of aliphatic hydroxyl groups is 1. The van der Waals surface area contributed by atoms with Crippen molar-refractivity contribution in [3.63, 3.8) is 0 Å². The van der Waals surface area contributed by atoms with E-state index in [-0.39, 0.29) is 12.2 Å². The number of aliphatic hydroxyl groups excluding tert-OH is 1. The Morgan fingerprint density at radius 2 is 2.45 bits per heavy atom. The van der Waals surface area contributed by atoms with E-state index in [2.05, 4.69) is 4.98 Å². The highest BCUT2D eigenvalue weighted by Gasteiger charge is 2.02. The lowest BCUT2D eigenvalue weighted by atomic mass is 10.1. The second-order valence-electron chi connectivity index (χ2n) is 2.28. The zero-order valence-electron chi connectivity index (χ0n) is 5.95. The molecule has 0 bridgehead atoms. The summed E-state index contributed by atoms with van der Waals surface area (Å²) in [5.74, 6) is 0. The number of hydrogen-bond acceptors (Lipinski definition) is 3. The van der Waals surface area contributed by atoms with E-state index in [0.29, 0.717) is 5.56 Å². The van der Waals surface area contributed by atoms with Gasteiger partial charge in [0, 0.05) is 12.3 Å². The van der Waals surface area contributed by atoms with Gasteiger partial charge in [-0.2, -0.15) is 0 Å². The van der Waals surface area contributed by atoms with Crippen molar-refractivity contribution < 1.29 is 5.11 Å². The number of nitrogens with two attached hydrogens (primary N) is 1. The molecule has 11 heavy (non-hydrogen) atoms. The molecule has 4 heteroatoms. The van der Waals surface area contributed by atoms with Crippen molar-refractivity contribution in [2.75, 3.05) is 6.61 Å². The number of nitrogens with one attached hydrogen (secondary N) is 1. The summed E-state index contributed by atoms with van der Waals surface area (Å²) in [6, 6.07) is 2.58. The van der Waals surface area contributed by atoms with Crippen molar-refractivity contribution >= 4 is 0 Å². The van der Waals surface area contributed by atoms with Gasteiger partial charge in [0.2, 0.25) is 5.56 Å². The predicted octanol–water partition coefficient (Wildman–Crippen LogP) is -0.633. The van der Waals surface area contributed by atoms with E-state index in [0.717, 1.165) is 0 Å². The molecular weight excluding hydrogens is 144 g/mol. The van der Waals surface area contributed by atoms with Gasteiger partial charge in [0.15, 0.2) is 0 Å². The highest BCUT2D eigenvalue weighted by atomic mass is 16.3. The van der Waals surface area contributed by atoms with Gasteiger partial charge >= 0.3 is 0 Å². The normalized spacial score (nSPS) is 12.9. The van der Waals surface area contributed by atoms with Crippen LogP contribution in [0.3, 0.4) is 0 Å². The lowest BCUT2D eigenvalue weighted by molar-refractivity contribution is 0.268. The van der Waals surface area contributed by atoms with E-state index >= 15 is 0 Å². The molecule has 0 aliphatic carbocycles. The van der Waals surface area contributed by atoms with Crippen molar-refractivity contribution in [3.8, 4) is 0 Å². The maximum atomic E-state index is 10.7. The third-order valence-corrected chi connectivity index (χ3v) is 1.42. The number of pyridine rings is 1. The molecule has 0 saturated heterocycles. The molecule has 0 amide bonds. The van der Waals surface area contributed by atoms with Gasteiger partial charge in [0.1, 0.15) is 0 Å². The minimum Gasteiger partial charge on any atom is -0.394 e. The van der Waals surface area contributed by atoms with E-state index in [4.69, 9.17) is 10.8 Å². The fraction of sp³-hybridized carbons (Fsp3) is 0.286. The lowest BCUT2D eigenvalue weighted by Crippen LogP contribution is -2.17. The molecule has 4 N–H and O–H groups in total. The predicted molar refractivity (Wildman–Crippen MR) is 41.1 cm³/mol. The van der Waals surface area contributed by atoms with Gasteiger partial charge in [0.25, 0.3) is 0 Å². The maximum absolute atomic E-state index is 10.7. The van der Waals surface area contributed by atoms with E-state index in [1.807, 2.05) is 0 Å². The van der Waals surface area contributed by atoms with E-state index in [1.54, 1.807) is 6.07 Å². The Bertz CT molecular complexity index is 282. The van der Waals surface area contributed by atoms with Crippen molar-refractivity contribution in [3.05, 3.63) is 34.2 Å². The Labute approximate surface area is 63.7 Å². The Hall–Kier alpha value is -1.13. The molecule has 4 nitrogen and oxygen atoms in total. The van der Waals surface area contributed by atoms with Crippen LogP contribution >= 0.6 is 0 Å². The summed E-state index contributed by atoms with van der Waals surface area (Å²) in [6.45, 7) is -0.149. The maximum Gasteiger partial charge on any atom is 0.248 e. The highest BCUT2D eigenvalue weighted by molar-refractivity contribution is 5.14. The number of rotatable bonds is 2. The van der Waals surface area contributed by atoms with Crippen LogP contribution in [0, 0.1) is 0 Å². The molecule has 0 fully saturated rings. The summed E-state index contributed by atoms with van der Waals surface area (Å²) in [4.78, 5) is 13.2. The summed E-state index contributed by atoms with van der Waals surface area (Å²) in [5.41, 5.74) is 5.91. The summed E-state index contributed by atoms with van der Waals surface area (Å²) in [7, 11) is 0. The molecule has 0 saturated carbocycles. The van der Waals surface area contributed by atoms with Crippen LogP contribution in [0.15, 0.2) is 23.1 Å². The molecule has 0 unspecified atom stereocenters. The number of hydrogen-bond donors (Lipinski definition) is 3. The number of aromatic nitrogens is 1. The van der Waals surface area contributed by atoms with Crippen LogP contribution in [0.4, 0.5) is 0 Å². The molecule has 1 aromatic rings. The van der Waals surface area contributed by atoms with Gasteiger partial charge in [0.05, 0.1) is 12.6 Å². The highest BCUT2D eigenvalue weighted by Crippen LogP contribution is 2.03. The standard InChI is InChI=1S/C7H10N2O2/c8-6(4-10)5-1-2-9-7(11)3-5/h1-3,6,10H,4,8H2,(H,9,11)/t6-/m1/s1. The summed E-state index contributed by atoms with van der Waals surface area (Å²) < 4.78 is 0. The van der Waals surface area contributed by atoms with Crippen LogP contribution in [-0.2, 0) is 0 Å². The fourth-order valence-corrected chi connectivity index (χ4v) is 0.797. The number of aromatic amines is 1. The molecule has 1 heterocycles. The largest absolute Gasteiger partial charge is 0.394 e. The van der Waals surface area contributed by atoms with Crippen LogP contribution in [0.1, 0.15) is 11.6 Å². The molecule has 1 rings (SSSR count). The van der Waals surface area contributed by atoms with Gasteiger partial charge in [-0.25, -0.2) is 0 Å². The van der Waals surface area contributed by atoms with Crippen LogP contribution in [0.5, 0.6) is 0 Å². The van der Waals surface area contributed by atoms with Crippen molar-refractivity contribution in [1.29, 1.82) is 0 Å². The Morgan fingerprint density at radius 1 is 1.73 bits per heavy atom. The molecule has 1 atom stereocenters. The molecular formula is C7H10N2O2. The second-order valence-corrected chi connectivity index (χ2v) is 2.28. The first kappa shape index (κ1) is 7.97. The molecule has 60 valence electrons. The van der Waals surface area contributed by atoms with E-state index in [1.165, 1.54) is 12.3 Å². The topological polar surface area (TPSA) is 79.1 Å². The molecule has 0 aromatic carbocycles. The first-order valence-corrected chi connectivity index (χ1v) is 3.29. The van der Waals surface area contributed by atoms with Crippen molar-refractivity contribution in [2.45, 2.75) is 6.04 Å². The van der Waals surface area contributed by atoms with Gasteiger partial charge in [-0.15, -0.1) is 0 Å². The van der Waals surface area contributed by atoms with Crippen LogP contribution in [0.2, 0.25) is 0 Å². The summed E-state index contributed by atoms with van der Waals surface area (Å²) in [5, 5.41) is 8.64. The van der Waals surface area contributed by atoms with Gasteiger partial charge < -0.3 is 15.8 Å². The quantitative estimate of drug-likeness (QED) is 0.530. The smallest absolute Gasteiger partial charge is 0.248 e. The van der Waals surface area contributed by atoms with Gasteiger partial charge in [-0.1, -0.05) is 0 Å². The average molecular weight is 154 g/mol.